The van der Waals surface area contributed by atoms with Crippen LogP contribution in [0.3, 0.4) is 0 Å². The van der Waals surface area contributed by atoms with Crippen LogP contribution in [0, 0.1) is 5.92 Å². The summed E-state index contributed by atoms with van der Waals surface area (Å²) in [6.45, 7) is 2.76. The van der Waals surface area contributed by atoms with Gasteiger partial charge in [0.1, 0.15) is 0 Å². The summed E-state index contributed by atoms with van der Waals surface area (Å²) >= 11 is 0. The van der Waals surface area contributed by atoms with Gasteiger partial charge in [-0.2, -0.15) is 4.98 Å². The Morgan fingerprint density at radius 3 is 2.65 bits per heavy atom. The second kappa shape index (κ2) is 6.19. The van der Waals surface area contributed by atoms with E-state index in [9.17, 15) is 9.18 Å². The first-order chi connectivity index (χ1) is 11.2. The van der Waals surface area contributed by atoms with Gasteiger partial charge in [0, 0.05) is 43.9 Å². The van der Waals surface area contributed by atoms with Crippen molar-refractivity contribution < 1.29 is 13.7 Å². The second-order valence-electron chi connectivity index (χ2n) is 7.10. The number of nitrogens with zero attached hydrogens (tertiary/aromatic N) is 4. The molecule has 1 unspecified atom stereocenters. The number of carbonyl (C=O) groups excluding carboxylic acids is 1. The molecule has 4 rings (SSSR count). The molecule has 1 aromatic rings. The monoisotopic (exact) mass is 322 g/mol. The molecular formula is C16H23FN4O2. The van der Waals surface area contributed by atoms with E-state index in [2.05, 4.69) is 15.0 Å². The van der Waals surface area contributed by atoms with Crippen molar-refractivity contribution in [3.8, 4) is 0 Å². The van der Waals surface area contributed by atoms with Gasteiger partial charge in [0.2, 0.25) is 11.8 Å². The van der Waals surface area contributed by atoms with Crippen LogP contribution in [0.2, 0.25) is 0 Å². The SMILES string of the molecule is O=C1CC(CF)CN1C1CCN(Cc2noc(C3CC3)n2)CC1. The molecule has 126 valence electrons. The van der Waals surface area contributed by atoms with Crippen LogP contribution >= 0.6 is 0 Å². The lowest BCUT2D eigenvalue weighted by Gasteiger charge is -2.36. The third-order valence-corrected chi connectivity index (χ3v) is 5.23. The van der Waals surface area contributed by atoms with Gasteiger partial charge in [-0.1, -0.05) is 5.16 Å². The fraction of sp³-hybridized carbons (Fsp3) is 0.812. The largest absolute Gasteiger partial charge is 0.339 e. The van der Waals surface area contributed by atoms with Crippen molar-refractivity contribution in [2.75, 3.05) is 26.3 Å². The number of aromatic nitrogens is 2. The van der Waals surface area contributed by atoms with E-state index in [0.29, 0.717) is 25.4 Å². The summed E-state index contributed by atoms with van der Waals surface area (Å²) < 4.78 is 18.1. The maximum Gasteiger partial charge on any atom is 0.229 e. The van der Waals surface area contributed by atoms with Crippen molar-refractivity contribution in [3.05, 3.63) is 11.7 Å². The van der Waals surface area contributed by atoms with E-state index in [-0.39, 0.29) is 24.5 Å². The number of rotatable bonds is 5. The molecule has 0 aromatic carbocycles. The maximum absolute atomic E-state index is 12.8. The summed E-state index contributed by atoms with van der Waals surface area (Å²) in [6.07, 6.45) is 4.59. The highest BCUT2D eigenvalue weighted by atomic mass is 19.1. The van der Waals surface area contributed by atoms with E-state index < -0.39 is 0 Å². The van der Waals surface area contributed by atoms with E-state index in [1.807, 2.05) is 4.90 Å². The average molecular weight is 322 g/mol. The fourth-order valence-electron chi connectivity index (χ4n) is 3.68. The molecule has 3 aliphatic rings. The molecule has 0 bridgehead atoms. The lowest BCUT2D eigenvalue weighted by molar-refractivity contribution is -0.130. The summed E-state index contributed by atoms with van der Waals surface area (Å²) in [5.41, 5.74) is 0. The molecule has 0 radical (unpaired) electrons. The van der Waals surface area contributed by atoms with Crippen molar-refractivity contribution >= 4 is 5.91 Å². The molecule has 7 heteroatoms. The van der Waals surface area contributed by atoms with Crippen LogP contribution in [0.25, 0.3) is 0 Å². The summed E-state index contributed by atoms with van der Waals surface area (Å²) in [5, 5.41) is 4.07. The zero-order valence-corrected chi connectivity index (χ0v) is 13.3. The van der Waals surface area contributed by atoms with Gasteiger partial charge in [0.15, 0.2) is 5.82 Å². The highest BCUT2D eigenvalue weighted by molar-refractivity contribution is 5.79. The number of halogens is 1. The zero-order valence-electron chi connectivity index (χ0n) is 13.3. The van der Waals surface area contributed by atoms with Gasteiger partial charge in [-0.3, -0.25) is 14.1 Å². The average Bonchev–Trinajstić information content (AvgIpc) is 3.20. The number of hydrogen-bond donors (Lipinski definition) is 0. The Bertz CT molecular complexity index is 566. The molecule has 0 N–H and O–H groups in total. The van der Waals surface area contributed by atoms with Crippen LogP contribution in [0.15, 0.2) is 4.52 Å². The second-order valence-corrected chi connectivity index (χ2v) is 7.10. The van der Waals surface area contributed by atoms with Crippen molar-refractivity contribution in [1.29, 1.82) is 0 Å². The van der Waals surface area contributed by atoms with Crippen LogP contribution in [0.5, 0.6) is 0 Å². The molecule has 0 spiro atoms. The van der Waals surface area contributed by atoms with Gasteiger partial charge in [-0.05, 0) is 25.7 Å². The standard InChI is InChI=1S/C16H23FN4O2/c17-8-11-7-15(22)21(9-11)13-3-5-20(6-4-13)10-14-18-16(23-19-14)12-1-2-12/h11-13H,1-10H2. The van der Waals surface area contributed by atoms with Gasteiger partial charge in [-0.15, -0.1) is 0 Å². The zero-order chi connectivity index (χ0) is 15.8. The molecular weight excluding hydrogens is 299 g/mol. The van der Waals surface area contributed by atoms with Crippen LogP contribution < -0.4 is 0 Å². The first-order valence-corrected chi connectivity index (χ1v) is 8.63. The molecule has 6 nitrogen and oxygen atoms in total. The predicted molar refractivity (Wildman–Crippen MR) is 80.4 cm³/mol. The van der Waals surface area contributed by atoms with Crippen LogP contribution in [0.4, 0.5) is 4.39 Å². The van der Waals surface area contributed by atoms with E-state index in [4.69, 9.17) is 4.52 Å². The Kier molecular flexibility index (Phi) is 4.05. The topological polar surface area (TPSA) is 62.5 Å². The number of likely N-dealkylation sites (tertiary alicyclic amines) is 2. The lowest BCUT2D eigenvalue weighted by Crippen LogP contribution is -2.45. The van der Waals surface area contributed by atoms with Gasteiger partial charge in [0.05, 0.1) is 13.2 Å². The number of carbonyl (C=O) groups is 1. The smallest absolute Gasteiger partial charge is 0.229 e. The van der Waals surface area contributed by atoms with Gasteiger partial charge in [0.25, 0.3) is 0 Å². The summed E-state index contributed by atoms with van der Waals surface area (Å²) in [4.78, 5) is 20.7. The maximum atomic E-state index is 12.8. The third-order valence-electron chi connectivity index (χ3n) is 5.23. The van der Waals surface area contributed by atoms with E-state index in [0.717, 1.165) is 50.5 Å². The quantitative estimate of drug-likeness (QED) is 0.826. The molecule has 23 heavy (non-hydrogen) atoms. The molecule has 2 aliphatic heterocycles. The van der Waals surface area contributed by atoms with Crippen molar-refractivity contribution in [1.82, 2.24) is 19.9 Å². The normalized spacial score (nSPS) is 27.1. The number of alkyl halides is 1. The molecule has 1 amide bonds. The highest BCUT2D eigenvalue weighted by Crippen LogP contribution is 2.38. The van der Waals surface area contributed by atoms with Crippen molar-refractivity contribution in [2.24, 2.45) is 5.92 Å². The highest BCUT2D eigenvalue weighted by Gasteiger charge is 2.36. The van der Waals surface area contributed by atoms with Crippen LogP contribution in [-0.2, 0) is 11.3 Å². The molecule has 1 aliphatic carbocycles. The Morgan fingerprint density at radius 1 is 1.22 bits per heavy atom. The van der Waals surface area contributed by atoms with E-state index >= 15 is 0 Å². The summed E-state index contributed by atoms with van der Waals surface area (Å²) in [5.74, 6) is 2.07. The van der Waals surface area contributed by atoms with Crippen LogP contribution in [-0.4, -0.2) is 58.2 Å². The van der Waals surface area contributed by atoms with E-state index in [1.54, 1.807) is 0 Å². The molecule has 1 saturated carbocycles. The fourth-order valence-corrected chi connectivity index (χ4v) is 3.68. The van der Waals surface area contributed by atoms with Crippen molar-refractivity contribution in [3.63, 3.8) is 0 Å². The minimum atomic E-state index is -0.387. The Morgan fingerprint density at radius 2 is 2.00 bits per heavy atom. The minimum absolute atomic E-state index is 0.0966. The number of hydrogen-bond acceptors (Lipinski definition) is 5. The van der Waals surface area contributed by atoms with Gasteiger partial charge in [-0.25, -0.2) is 0 Å². The lowest BCUT2D eigenvalue weighted by atomic mass is 10.0. The molecule has 1 aromatic heterocycles. The molecule has 2 saturated heterocycles. The number of piperidine rings is 1. The predicted octanol–water partition coefficient (Wildman–Crippen LogP) is 1.73. The van der Waals surface area contributed by atoms with Crippen LogP contribution in [0.1, 0.15) is 49.7 Å². The van der Waals surface area contributed by atoms with Gasteiger partial charge >= 0.3 is 0 Å². The summed E-state index contributed by atoms with van der Waals surface area (Å²) in [7, 11) is 0. The van der Waals surface area contributed by atoms with Gasteiger partial charge < -0.3 is 9.42 Å². The third kappa shape index (κ3) is 3.24. The molecule has 3 fully saturated rings. The van der Waals surface area contributed by atoms with E-state index in [1.165, 1.54) is 0 Å². The minimum Gasteiger partial charge on any atom is -0.339 e. The first kappa shape index (κ1) is 15.1. The number of amides is 1. The summed E-state index contributed by atoms with van der Waals surface area (Å²) in [6, 6.07) is 0.266. The molecule has 3 heterocycles. The molecule has 1 atom stereocenters. The Hall–Kier alpha value is -1.50. The first-order valence-electron chi connectivity index (χ1n) is 8.63. The van der Waals surface area contributed by atoms with Crippen molar-refractivity contribution in [2.45, 2.75) is 50.6 Å². The Labute approximate surface area is 135 Å². The Balaban J connectivity index is 1.28.